The third-order valence-electron chi connectivity index (χ3n) is 5.95. The van der Waals surface area contributed by atoms with E-state index in [2.05, 4.69) is 16.0 Å². The maximum Gasteiger partial charge on any atom is 0.326 e. The Morgan fingerprint density at radius 1 is 0.971 bits per heavy atom. The topological polar surface area (TPSA) is 128 Å². The summed E-state index contributed by atoms with van der Waals surface area (Å²) in [4.78, 5) is 52.7. The normalized spacial score (nSPS) is 16.8. The Balaban J connectivity index is 1.93. The lowest BCUT2D eigenvalue weighted by Crippen LogP contribution is -2.60. The summed E-state index contributed by atoms with van der Waals surface area (Å²) in [5.74, 6) is -2.64. The molecule has 4 amide bonds. The number of nitrogens with zero attached hydrogens (tertiary/aromatic N) is 1. The molecule has 0 aliphatic carbocycles. The van der Waals surface area contributed by atoms with Gasteiger partial charge < -0.3 is 21.1 Å². The van der Waals surface area contributed by atoms with Crippen molar-refractivity contribution < 1.29 is 24.3 Å². The second-order valence-electron chi connectivity index (χ2n) is 9.33. The molecule has 186 valence electrons. The van der Waals surface area contributed by atoms with Crippen molar-refractivity contribution in [1.29, 1.82) is 0 Å². The van der Waals surface area contributed by atoms with E-state index in [1.807, 2.05) is 44.2 Å². The predicted molar refractivity (Wildman–Crippen MR) is 133 cm³/mol. The number of benzene rings is 2. The van der Waals surface area contributed by atoms with Crippen molar-refractivity contribution in [1.82, 2.24) is 10.6 Å². The van der Waals surface area contributed by atoms with E-state index in [9.17, 15) is 24.3 Å². The van der Waals surface area contributed by atoms with Crippen molar-refractivity contribution >= 4 is 35.2 Å². The van der Waals surface area contributed by atoms with Crippen molar-refractivity contribution in [2.75, 3.05) is 10.2 Å². The first-order valence-electron chi connectivity index (χ1n) is 11.7. The van der Waals surface area contributed by atoms with Crippen molar-refractivity contribution in [2.24, 2.45) is 11.8 Å². The van der Waals surface area contributed by atoms with Gasteiger partial charge in [0.05, 0.1) is 11.4 Å². The molecule has 3 atom stereocenters. The number of aliphatic carboxylic acids is 1. The molecule has 0 bridgehead atoms. The van der Waals surface area contributed by atoms with Crippen LogP contribution in [0.3, 0.4) is 0 Å². The molecule has 2 aromatic carbocycles. The predicted octanol–water partition coefficient (Wildman–Crippen LogP) is 3.02. The van der Waals surface area contributed by atoms with Crippen LogP contribution in [0.5, 0.6) is 0 Å². The Kier molecular flexibility index (Phi) is 8.11. The fourth-order valence-corrected chi connectivity index (χ4v) is 4.14. The van der Waals surface area contributed by atoms with Gasteiger partial charge in [-0.05, 0) is 29.5 Å². The van der Waals surface area contributed by atoms with Crippen molar-refractivity contribution in [3.8, 4) is 0 Å². The Hall–Kier alpha value is -3.88. The molecule has 0 unspecified atom stereocenters. The van der Waals surface area contributed by atoms with Gasteiger partial charge in [0.1, 0.15) is 18.1 Å². The molecule has 0 radical (unpaired) electrons. The number of carbonyl (C=O) groups is 4. The molecule has 1 aliphatic heterocycles. The van der Waals surface area contributed by atoms with Crippen LogP contribution in [0.1, 0.15) is 33.3 Å². The number of carboxylic acid groups (broad SMARTS) is 1. The Labute approximate surface area is 204 Å². The largest absolute Gasteiger partial charge is 0.480 e. The highest BCUT2D eigenvalue weighted by Crippen LogP contribution is 2.34. The second-order valence-corrected chi connectivity index (χ2v) is 9.33. The van der Waals surface area contributed by atoms with E-state index in [1.54, 1.807) is 38.1 Å². The van der Waals surface area contributed by atoms with E-state index in [4.69, 9.17) is 0 Å². The minimum absolute atomic E-state index is 0.150. The summed E-state index contributed by atoms with van der Waals surface area (Å²) in [6.07, 6.45) is 0.150. The number of nitrogens with one attached hydrogen (secondary N) is 3. The number of anilines is 2. The van der Waals surface area contributed by atoms with Crippen LogP contribution in [-0.2, 0) is 20.8 Å². The first-order valence-corrected chi connectivity index (χ1v) is 11.7. The molecule has 0 saturated heterocycles. The first-order chi connectivity index (χ1) is 16.6. The van der Waals surface area contributed by atoms with E-state index >= 15 is 0 Å². The van der Waals surface area contributed by atoms with Gasteiger partial charge in [0.2, 0.25) is 11.8 Å². The molecule has 0 saturated carbocycles. The standard InChI is InChI=1S/C26H32N4O5/c1-15(2)21(25(33)34)29-23(31)19(14-17-10-6-5-7-11-17)28-26(35)30-20-13-9-8-12-18(20)27-24(32)22(30)16(3)4/h5-13,15-16,19,21-22H,14H2,1-4H3,(H,27,32)(H,28,35)(H,29,31)(H,33,34)/t19-,21-,22-/m0/s1. The van der Waals surface area contributed by atoms with Crippen LogP contribution in [0.4, 0.5) is 16.2 Å². The molecule has 0 spiro atoms. The molecular weight excluding hydrogens is 448 g/mol. The average Bonchev–Trinajstić information content (AvgIpc) is 2.80. The fraction of sp³-hybridized carbons (Fsp3) is 0.385. The SMILES string of the molecule is CC(C)[C@H](NC(=O)[C@H](Cc1ccccc1)NC(=O)N1c2ccccc2NC(=O)[C@@H]1C(C)C)C(=O)O. The highest BCUT2D eigenvalue weighted by Gasteiger charge is 2.40. The van der Waals surface area contributed by atoms with Gasteiger partial charge in [0, 0.05) is 6.42 Å². The molecule has 3 rings (SSSR count). The molecule has 2 aromatic rings. The molecule has 9 nitrogen and oxygen atoms in total. The van der Waals surface area contributed by atoms with Gasteiger partial charge in [-0.15, -0.1) is 0 Å². The summed E-state index contributed by atoms with van der Waals surface area (Å²) in [5.41, 5.74) is 1.81. The molecule has 1 aliphatic rings. The fourth-order valence-electron chi connectivity index (χ4n) is 4.14. The molecule has 4 N–H and O–H groups in total. The van der Waals surface area contributed by atoms with Crippen molar-refractivity contribution in [3.05, 3.63) is 60.2 Å². The number of para-hydroxylation sites is 2. The van der Waals surface area contributed by atoms with E-state index in [0.717, 1.165) is 5.56 Å². The molecule has 0 aromatic heterocycles. The first kappa shape index (κ1) is 25.7. The molecule has 1 heterocycles. The van der Waals surface area contributed by atoms with Crippen LogP contribution in [0, 0.1) is 11.8 Å². The number of carbonyl (C=O) groups excluding carboxylic acids is 3. The second kappa shape index (κ2) is 11.0. The quantitative estimate of drug-likeness (QED) is 0.462. The van der Waals surface area contributed by atoms with Gasteiger partial charge in [-0.3, -0.25) is 14.5 Å². The summed E-state index contributed by atoms with van der Waals surface area (Å²) in [7, 11) is 0. The van der Waals surface area contributed by atoms with Crippen LogP contribution in [0.2, 0.25) is 0 Å². The van der Waals surface area contributed by atoms with Gasteiger partial charge in [0.25, 0.3) is 0 Å². The van der Waals surface area contributed by atoms with Gasteiger partial charge in [0.15, 0.2) is 0 Å². The number of urea groups is 1. The third-order valence-corrected chi connectivity index (χ3v) is 5.95. The summed E-state index contributed by atoms with van der Waals surface area (Å²) in [6, 6.07) is 12.5. The number of hydrogen-bond donors (Lipinski definition) is 4. The maximum absolute atomic E-state index is 13.6. The number of amides is 4. The summed E-state index contributed by atoms with van der Waals surface area (Å²) in [6.45, 7) is 7.07. The van der Waals surface area contributed by atoms with Gasteiger partial charge in [-0.25, -0.2) is 9.59 Å². The zero-order valence-electron chi connectivity index (χ0n) is 20.3. The Morgan fingerprint density at radius 2 is 1.60 bits per heavy atom. The Morgan fingerprint density at radius 3 is 2.20 bits per heavy atom. The third kappa shape index (κ3) is 5.98. The van der Waals surface area contributed by atoms with Crippen LogP contribution in [-0.4, -0.2) is 47.0 Å². The van der Waals surface area contributed by atoms with Gasteiger partial charge in [-0.1, -0.05) is 70.2 Å². The maximum atomic E-state index is 13.6. The van der Waals surface area contributed by atoms with E-state index in [-0.39, 0.29) is 24.2 Å². The summed E-state index contributed by atoms with van der Waals surface area (Å²) >= 11 is 0. The van der Waals surface area contributed by atoms with Crippen LogP contribution in [0.25, 0.3) is 0 Å². The minimum atomic E-state index is -1.15. The molecule has 35 heavy (non-hydrogen) atoms. The van der Waals surface area contributed by atoms with Crippen LogP contribution >= 0.6 is 0 Å². The number of carboxylic acids is 1. The molecule has 0 fully saturated rings. The lowest BCUT2D eigenvalue weighted by molar-refractivity contribution is -0.143. The van der Waals surface area contributed by atoms with Gasteiger partial charge >= 0.3 is 12.0 Å². The number of rotatable bonds is 8. The van der Waals surface area contributed by atoms with Crippen LogP contribution < -0.4 is 20.9 Å². The Bertz CT molecular complexity index is 1090. The van der Waals surface area contributed by atoms with Crippen LogP contribution in [0.15, 0.2) is 54.6 Å². The van der Waals surface area contributed by atoms with E-state index in [0.29, 0.717) is 11.4 Å². The monoisotopic (exact) mass is 480 g/mol. The summed E-state index contributed by atoms with van der Waals surface area (Å²) < 4.78 is 0. The molecular formula is C26H32N4O5. The van der Waals surface area contributed by atoms with E-state index in [1.165, 1.54) is 4.90 Å². The van der Waals surface area contributed by atoms with Crippen molar-refractivity contribution in [3.63, 3.8) is 0 Å². The number of hydrogen-bond acceptors (Lipinski definition) is 4. The zero-order chi connectivity index (χ0) is 25.7. The highest BCUT2D eigenvalue weighted by molar-refractivity contribution is 6.12. The zero-order valence-corrected chi connectivity index (χ0v) is 20.3. The lowest BCUT2D eigenvalue weighted by Gasteiger charge is -2.39. The summed E-state index contributed by atoms with van der Waals surface area (Å²) in [5, 5.41) is 17.7. The van der Waals surface area contributed by atoms with Gasteiger partial charge in [-0.2, -0.15) is 0 Å². The molecule has 9 heteroatoms. The number of fused-ring (bicyclic) bond motifs is 1. The minimum Gasteiger partial charge on any atom is -0.480 e. The highest BCUT2D eigenvalue weighted by atomic mass is 16.4. The smallest absolute Gasteiger partial charge is 0.326 e. The van der Waals surface area contributed by atoms with E-state index < -0.39 is 36.0 Å². The van der Waals surface area contributed by atoms with Crippen molar-refractivity contribution in [2.45, 2.75) is 52.2 Å². The average molecular weight is 481 g/mol. The lowest BCUT2D eigenvalue weighted by atomic mass is 9.97.